The monoisotopic (exact) mass is 243 g/mol. The molecular formula is C14H17N3O. The number of benzene rings is 1. The molecule has 18 heavy (non-hydrogen) atoms. The number of anilines is 1. The van der Waals surface area contributed by atoms with Crippen LogP contribution >= 0.6 is 0 Å². The first kappa shape index (κ1) is 12.4. The third kappa shape index (κ3) is 3.01. The number of nitrogens with one attached hydrogen (secondary N) is 2. The summed E-state index contributed by atoms with van der Waals surface area (Å²) in [7, 11) is 0. The largest absolute Gasteiger partial charge is 0.384 e. The van der Waals surface area contributed by atoms with Crippen LogP contribution in [0.5, 0.6) is 0 Å². The number of rotatable bonds is 5. The highest BCUT2D eigenvalue weighted by Gasteiger charge is 2.12. The van der Waals surface area contributed by atoms with Crippen molar-refractivity contribution < 1.29 is 4.79 Å². The van der Waals surface area contributed by atoms with Gasteiger partial charge >= 0.3 is 0 Å². The zero-order valence-corrected chi connectivity index (χ0v) is 10.3. The summed E-state index contributed by atoms with van der Waals surface area (Å²) in [4.78, 5) is 11.9. The molecule has 0 spiro atoms. The minimum atomic E-state index is -0.0262. The normalized spacial score (nSPS) is 12.4. The summed E-state index contributed by atoms with van der Waals surface area (Å²) in [5.74, 6) is -0.0262. The van der Waals surface area contributed by atoms with Crippen molar-refractivity contribution in [1.82, 2.24) is 5.32 Å². The molecule has 1 aromatic rings. The average molecular weight is 243 g/mol. The van der Waals surface area contributed by atoms with Gasteiger partial charge in [0.05, 0.1) is 6.07 Å². The lowest BCUT2D eigenvalue weighted by molar-refractivity contribution is 0.0953. The molecular weight excluding hydrogens is 226 g/mol. The minimum absolute atomic E-state index is 0.0262. The highest BCUT2D eigenvalue weighted by atomic mass is 16.1. The molecule has 2 rings (SSSR count). The molecule has 0 saturated carbocycles. The van der Waals surface area contributed by atoms with Crippen LogP contribution in [0.15, 0.2) is 18.2 Å². The van der Waals surface area contributed by atoms with E-state index in [1.54, 1.807) is 0 Å². The van der Waals surface area contributed by atoms with Crippen molar-refractivity contribution in [1.29, 1.82) is 5.26 Å². The maximum atomic E-state index is 11.9. The Morgan fingerprint density at radius 3 is 3.17 bits per heavy atom. The summed E-state index contributed by atoms with van der Waals surface area (Å²) in [5.41, 5.74) is 3.07. The van der Waals surface area contributed by atoms with Crippen LogP contribution < -0.4 is 10.6 Å². The summed E-state index contributed by atoms with van der Waals surface area (Å²) < 4.78 is 0. The van der Waals surface area contributed by atoms with E-state index in [1.165, 1.54) is 5.56 Å². The zero-order valence-electron chi connectivity index (χ0n) is 10.3. The van der Waals surface area contributed by atoms with Crippen molar-refractivity contribution in [3.8, 4) is 6.07 Å². The molecule has 0 aromatic heterocycles. The predicted octanol–water partition coefficient (Wildman–Crippen LogP) is 2.08. The van der Waals surface area contributed by atoms with Gasteiger partial charge in [0.25, 0.3) is 5.91 Å². The van der Waals surface area contributed by atoms with Gasteiger partial charge in [-0.15, -0.1) is 0 Å². The molecule has 4 heteroatoms. The molecule has 1 aliphatic rings. The Morgan fingerprint density at radius 2 is 2.33 bits per heavy atom. The number of hydrogen-bond donors (Lipinski definition) is 2. The second kappa shape index (κ2) is 6.06. The molecule has 1 aliphatic heterocycles. The molecule has 2 N–H and O–H groups in total. The Kier molecular flexibility index (Phi) is 4.19. The standard InChI is InChI=1S/C14H17N3O/c15-7-2-1-3-8-17-14(18)12-4-5-13-11(10-12)6-9-16-13/h4-5,10,16H,1-3,6,8-9H2,(H,17,18). The third-order valence-electron chi connectivity index (χ3n) is 3.08. The number of nitrogens with zero attached hydrogens (tertiary/aromatic N) is 1. The molecule has 0 bridgehead atoms. The number of hydrogen-bond acceptors (Lipinski definition) is 3. The van der Waals surface area contributed by atoms with Crippen molar-refractivity contribution in [2.24, 2.45) is 0 Å². The van der Waals surface area contributed by atoms with Crippen LogP contribution in [0, 0.1) is 11.3 Å². The Bertz CT molecular complexity index is 476. The van der Waals surface area contributed by atoms with Crippen molar-refractivity contribution in [2.75, 3.05) is 18.4 Å². The first-order chi connectivity index (χ1) is 8.81. The summed E-state index contributed by atoms with van der Waals surface area (Å²) >= 11 is 0. The molecule has 0 aliphatic carbocycles. The second-order valence-corrected chi connectivity index (χ2v) is 4.42. The van der Waals surface area contributed by atoms with Crippen LogP contribution in [0.3, 0.4) is 0 Å². The smallest absolute Gasteiger partial charge is 0.251 e. The molecule has 0 unspecified atom stereocenters. The first-order valence-electron chi connectivity index (χ1n) is 6.33. The molecule has 1 heterocycles. The summed E-state index contributed by atoms with van der Waals surface area (Å²) in [5, 5.41) is 14.5. The SMILES string of the molecule is N#CCCCCNC(=O)c1ccc2c(c1)CCN2. The molecule has 4 nitrogen and oxygen atoms in total. The van der Waals surface area contributed by atoms with E-state index in [0.29, 0.717) is 13.0 Å². The van der Waals surface area contributed by atoms with E-state index in [1.807, 2.05) is 18.2 Å². The number of amides is 1. The number of unbranched alkanes of at least 4 members (excludes halogenated alkanes) is 2. The fourth-order valence-electron chi connectivity index (χ4n) is 2.08. The van der Waals surface area contributed by atoms with E-state index < -0.39 is 0 Å². The number of carbonyl (C=O) groups is 1. The Hall–Kier alpha value is -2.02. The topological polar surface area (TPSA) is 64.9 Å². The maximum absolute atomic E-state index is 11.9. The van der Waals surface area contributed by atoms with Gasteiger partial charge in [-0.05, 0) is 43.0 Å². The molecule has 0 fully saturated rings. The fourth-order valence-corrected chi connectivity index (χ4v) is 2.08. The Morgan fingerprint density at radius 1 is 1.44 bits per heavy atom. The highest BCUT2D eigenvalue weighted by molar-refractivity contribution is 5.95. The van der Waals surface area contributed by atoms with Crippen molar-refractivity contribution >= 4 is 11.6 Å². The van der Waals surface area contributed by atoms with E-state index >= 15 is 0 Å². The van der Waals surface area contributed by atoms with Gasteiger partial charge < -0.3 is 10.6 Å². The molecule has 94 valence electrons. The van der Waals surface area contributed by atoms with Gasteiger partial charge in [0.1, 0.15) is 0 Å². The molecule has 1 amide bonds. The van der Waals surface area contributed by atoms with Gasteiger partial charge in [-0.1, -0.05) is 0 Å². The van der Waals surface area contributed by atoms with Crippen molar-refractivity contribution in [3.05, 3.63) is 29.3 Å². The number of fused-ring (bicyclic) bond motifs is 1. The second-order valence-electron chi connectivity index (χ2n) is 4.42. The van der Waals surface area contributed by atoms with E-state index in [2.05, 4.69) is 16.7 Å². The Balaban J connectivity index is 1.84. The van der Waals surface area contributed by atoms with E-state index in [0.717, 1.165) is 37.1 Å². The lowest BCUT2D eigenvalue weighted by atomic mass is 10.1. The predicted molar refractivity (Wildman–Crippen MR) is 70.4 cm³/mol. The van der Waals surface area contributed by atoms with Crippen LogP contribution in [0.1, 0.15) is 35.2 Å². The van der Waals surface area contributed by atoms with E-state index in [-0.39, 0.29) is 5.91 Å². The van der Waals surface area contributed by atoms with Crippen molar-refractivity contribution in [3.63, 3.8) is 0 Å². The minimum Gasteiger partial charge on any atom is -0.384 e. The first-order valence-corrected chi connectivity index (χ1v) is 6.33. The van der Waals surface area contributed by atoms with Gasteiger partial charge in [0, 0.05) is 30.8 Å². The lowest BCUT2D eigenvalue weighted by Gasteiger charge is -2.06. The fraction of sp³-hybridized carbons (Fsp3) is 0.429. The number of carbonyl (C=O) groups excluding carboxylic acids is 1. The zero-order chi connectivity index (χ0) is 12.8. The summed E-state index contributed by atoms with van der Waals surface area (Å²) in [6.07, 6.45) is 3.23. The van der Waals surface area contributed by atoms with Crippen LogP contribution in [-0.4, -0.2) is 19.0 Å². The number of nitriles is 1. The van der Waals surface area contributed by atoms with Crippen LogP contribution in [0.2, 0.25) is 0 Å². The maximum Gasteiger partial charge on any atom is 0.251 e. The van der Waals surface area contributed by atoms with Gasteiger partial charge in [0.15, 0.2) is 0 Å². The van der Waals surface area contributed by atoms with Crippen molar-refractivity contribution in [2.45, 2.75) is 25.7 Å². The van der Waals surface area contributed by atoms with Gasteiger partial charge in [0.2, 0.25) is 0 Å². The quantitative estimate of drug-likeness (QED) is 0.778. The van der Waals surface area contributed by atoms with Crippen LogP contribution in [0.25, 0.3) is 0 Å². The van der Waals surface area contributed by atoms with Gasteiger partial charge in [-0.25, -0.2) is 0 Å². The van der Waals surface area contributed by atoms with E-state index in [4.69, 9.17) is 5.26 Å². The molecule has 0 radical (unpaired) electrons. The molecule has 0 saturated heterocycles. The Labute approximate surface area is 107 Å². The lowest BCUT2D eigenvalue weighted by Crippen LogP contribution is -2.24. The van der Waals surface area contributed by atoms with Crippen LogP contribution in [0.4, 0.5) is 5.69 Å². The average Bonchev–Trinajstić information content (AvgIpc) is 2.85. The highest BCUT2D eigenvalue weighted by Crippen LogP contribution is 2.22. The molecule has 1 aromatic carbocycles. The van der Waals surface area contributed by atoms with Gasteiger partial charge in [-0.2, -0.15) is 5.26 Å². The summed E-state index contributed by atoms with van der Waals surface area (Å²) in [6, 6.07) is 7.87. The van der Waals surface area contributed by atoms with Crippen LogP contribution in [-0.2, 0) is 6.42 Å². The van der Waals surface area contributed by atoms with Gasteiger partial charge in [-0.3, -0.25) is 4.79 Å². The molecule has 0 atom stereocenters. The van der Waals surface area contributed by atoms with E-state index in [9.17, 15) is 4.79 Å². The third-order valence-corrected chi connectivity index (χ3v) is 3.08. The summed E-state index contributed by atoms with van der Waals surface area (Å²) in [6.45, 7) is 1.59.